The van der Waals surface area contributed by atoms with Crippen molar-refractivity contribution in [2.45, 2.75) is 35.1 Å². The van der Waals surface area contributed by atoms with Crippen LogP contribution in [0.1, 0.15) is 35.1 Å². The van der Waals surface area contributed by atoms with Gasteiger partial charge in [0.05, 0.1) is 13.2 Å². The number of anilines is 1. The first-order chi connectivity index (χ1) is 11.2. The third-order valence-corrected chi connectivity index (χ3v) is 2.15. The number of carbonyl (C=O) groups is 2. The zero-order valence-electron chi connectivity index (χ0n) is 14.6. The van der Waals surface area contributed by atoms with E-state index in [0.29, 0.717) is 0 Å². The smallest absolute Gasteiger partial charge is 0.347 e. The summed E-state index contributed by atoms with van der Waals surface area (Å²) in [5.41, 5.74) is 0.598. The topological polar surface area (TPSA) is 64.6 Å². The van der Waals surface area contributed by atoms with Crippen molar-refractivity contribution >= 4 is 26.9 Å². The van der Waals surface area contributed by atoms with Gasteiger partial charge in [0.25, 0.3) is 0 Å². The SMILES string of the molecule is C.CC.CCOC(=O)C(=CNc1ccccc1)C(=O)OCC.CP. The molecule has 0 spiro atoms. The molecule has 0 aromatic heterocycles. The molecule has 0 amide bonds. The van der Waals surface area contributed by atoms with Crippen LogP contribution in [-0.2, 0) is 19.1 Å². The Morgan fingerprint density at radius 2 is 1.42 bits per heavy atom. The highest BCUT2D eigenvalue weighted by Crippen LogP contribution is 2.08. The van der Waals surface area contributed by atoms with Crippen LogP contribution in [-0.4, -0.2) is 31.8 Å². The summed E-state index contributed by atoms with van der Waals surface area (Å²) >= 11 is 0. The molecule has 1 N–H and O–H groups in total. The molecule has 0 fully saturated rings. The molecule has 1 unspecified atom stereocenters. The monoisotopic (exact) mass is 357 g/mol. The zero-order valence-corrected chi connectivity index (χ0v) is 15.7. The quantitative estimate of drug-likeness (QED) is 0.271. The van der Waals surface area contributed by atoms with Crippen LogP contribution >= 0.6 is 9.24 Å². The second-order valence-corrected chi connectivity index (χ2v) is 3.51. The minimum Gasteiger partial charge on any atom is -0.462 e. The third-order valence-electron chi connectivity index (χ3n) is 2.15. The molecule has 1 aromatic rings. The number of esters is 2. The van der Waals surface area contributed by atoms with E-state index < -0.39 is 11.9 Å². The summed E-state index contributed by atoms with van der Waals surface area (Å²) in [7, 11) is 2.42. The van der Waals surface area contributed by atoms with Crippen molar-refractivity contribution < 1.29 is 19.1 Å². The average molecular weight is 357 g/mol. The second-order valence-electron chi connectivity index (χ2n) is 3.51. The number of rotatable bonds is 6. The lowest BCUT2D eigenvalue weighted by molar-refractivity contribution is -0.146. The van der Waals surface area contributed by atoms with E-state index in [9.17, 15) is 9.59 Å². The maximum absolute atomic E-state index is 11.6. The number of para-hydroxylation sites is 1. The molecular formula is C18H32NO4P. The van der Waals surface area contributed by atoms with Crippen LogP contribution in [0.25, 0.3) is 0 Å². The number of nitrogens with one attached hydrogen (secondary N) is 1. The number of benzene rings is 1. The predicted molar refractivity (Wildman–Crippen MR) is 105 cm³/mol. The van der Waals surface area contributed by atoms with E-state index in [1.165, 1.54) is 6.20 Å². The fourth-order valence-corrected chi connectivity index (χ4v) is 1.31. The number of hydrogen-bond donors (Lipinski definition) is 1. The Morgan fingerprint density at radius 3 is 1.79 bits per heavy atom. The summed E-state index contributed by atoms with van der Waals surface area (Å²) in [5, 5.41) is 2.86. The first-order valence-corrected chi connectivity index (χ1v) is 8.78. The maximum atomic E-state index is 11.6. The van der Waals surface area contributed by atoms with Gasteiger partial charge in [-0.05, 0) is 26.0 Å². The molecule has 1 aromatic carbocycles. The highest BCUT2D eigenvalue weighted by Gasteiger charge is 2.20. The van der Waals surface area contributed by atoms with Gasteiger partial charge in [0, 0.05) is 11.9 Å². The van der Waals surface area contributed by atoms with Crippen molar-refractivity contribution in [1.29, 1.82) is 0 Å². The van der Waals surface area contributed by atoms with Crippen LogP contribution in [0.5, 0.6) is 0 Å². The van der Waals surface area contributed by atoms with Gasteiger partial charge in [-0.25, -0.2) is 9.59 Å². The van der Waals surface area contributed by atoms with E-state index in [2.05, 4.69) is 14.6 Å². The fraction of sp³-hybridized carbons (Fsp3) is 0.444. The first kappa shape index (κ1) is 27.0. The van der Waals surface area contributed by atoms with Crippen molar-refractivity contribution in [2.75, 3.05) is 25.2 Å². The number of carbonyl (C=O) groups excluding carboxylic acids is 2. The normalized spacial score (nSPS) is 7.92. The highest BCUT2D eigenvalue weighted by molar-refractivity contribution is 7.15. The molecule has 0 heterocycles. The van der Waals surface area contributed by atoms with Crippen LogP contribution in [0.2, 0.25) is 0 Å². The standard InChI is InChI=1S/C14H17NO4.C2H6.CH5P.CH4/c1-3-18-13(16)12(14(17)19-4-2)10-15-11-8-6-5-7-9-11;2*1-2;/h5-10,15H,3-4H2,1-2H3;1-2H3;2H2,1H3;1H4. The van der Waals surface area contributed by atoms with Gasteiger partial charge in [-0.3, -0.25) is 0 Å². The number of ether oxygens (including phenoxy) is 2. The molecule has 6 heteroatoms. The number of hydrogen-bond acceptors (Lipinski definition) is 5. The van der Waals surface area contributed by atoms with Crippen LogP contribution in [0.3, 0.4) is 0 Å². The lowest BCUT2D eigenvalue weighted by Crippen LogP contribution is -2.19. The summed E-state index contributed by atoms with van der Waals surface area (Å²) in [6.07, 6.45) is 1.30. The van der Waals surface area contributed by atoms with E-state index in [4.69, 9.17) is 9.47 Å². The van der Waals surface area contributed by atoms with Gasteiger partial charge in [-0.1, -0.05) is 46.1 Å². The van der Waals surface area contributed by atoms with Gasteiger partial charge < -0.3 is 14.8 Å². The summed E-state index contributed by atoms with van der Waals surface area (Å²) < 4.78 is 9.62. The molecule has 0 aliphatic heterocycles. The molecule has 0 saturated carbocycles. The van der Waals surface area contributed by atoms with Crippen LogP contribution in [0.15, 0.2) is 42.1 Å². The van der Waals surface area contributed by atoms with E-state index in [1.54, 1.807) is 13.8 Å². The lowest BCUT2D eigenvalue weighted by Gasteiger charge is -2.07. The van der Waals surface area contributed by atoms with E-state index in [1.807, 2.05) is 50.8 Å². The minimum absolute atomic E-state index is 0. The van der Waals surface area contributed by atoms with Gasteiger partial charge in [0.15, 0.2) is 5.57 Å². The molecule has 1 rings (SSSR count). The highest BCUT2D eigenvalue weighted by atomic mass is 31.0. The molecule has 0 aliphatic carbocycles. The molecule has 0 aliphatic rings. The van der Waals surface area contributed by atoms with Gasteiger partial charge >= 0.3 is 11.9 Å². The summed E-state index contributed by atoms with van der Waals surface area (Å²) in [6.45, 7) is 9.65. The summed E-state index contributed by atoms with van der Waals surface area (Å²) in [5.74, 6) is -1.41. The Hall–Kier alpha value is -1.87. The lowest BCUT2D eigenvalue weighted by atomic mass is 10.3. The Morgan fingerprint density at radius 1 is 1.00 bits per heavy atom. The van der Waals surface area contributed by atoms with Crippen molar-refractivity contribution in [3.05, 3.63) is 42.1 Å². The molecular weight excluding hydrogens is 325 g/mol. The maximum Gasteiger partial charge on any atom is 0.347 e. The molecule has 0 saturated heterocycles. The van der Waals surface area contributed by atoms with Gasteiger partial charge in [-0.2, -0.15) is 0 Å². The fourth-order valence-electron chi connectivity index (χ4n) is 1.31. The Bertz CT molecular complexity index is 441. The molecule has 0 radical (unpaired) electrons. The third kappa shape index (κ3) is 11.7. The Kier molecular flexibility index (Phi) is 21.6. The van der Waals surface area contributed by atoms with Gasteiger partial charge in [0.1, 0.15) is 0 Å². The zero-order chi connectivity index (χ0) is 18.1. The van der Waals surface area contributed by atoms with Crippen molar-refractivity contribution in [3.8, 4) is 0 Å². The molecule has 1 atom stereocenters. The minimum atomic E-state index is -0.704. The van der Waals surface area contributed by atoms with Crippen molar-refractivity contribution in [1.82, 2.24) is 0 Å². The van der Waals surface area contributed by atoms with Crippen molar-refractivity contribution in [3.63, 3.8) is 0 Å². The predicted octanol–water partition coefficient (Wildman–Crippen LogP) is 4.26. The average Bonchev–Trinajstić information content (AvgIpc) is 2.60. The molecule has 5 nitrogen and oxygen atoms in total. The van der Waals surface area contributed by atoms with Crippen LogP contribution in [0.4, 0.5) is 5.69 Å². The van der Waals surface area contributed by atoms with Gasteiger partial charge in [0.2, 0.25) is 0 Å². The molecule has 0 bridgehead atoms. The molecule has 138 valence electrons. The van der Waals surface area contributed by atoms with Gasteiger partial charge in [-0.15, -0.1) is 9.24 Å². The summed E-state index contributed by atoms with van der Waals surface area (Å²) in [6, 6.07) is 9.16. The summed E-state index contributed by atoms with van der Waals surface area (Å²) in [4.78, 5) is 23.3. The van der Waals surface area contributed by atoms with E-state index in [-0.39, 0.29) is 26.2 Å². The van der Waals surface area contributed by atoms with Crippen LogP contribution in [0, 0.1) is 0 Å². The second kappa shape index (κ2) is 19.2. The van der Waals surface area contributed by atoms with Crippen LogP contribution < -0.4 is 5.32 Å². The van der Waals surface area contributed by atoms with E-state index >= 15 is 0 Å². The largest absolute Gasteiger partial charge is 0.462 e. The molecule has 24 heavy (non-hydrogen) atoms. The Labute approximate surface area is 149 Å². The first-order valence-electron chi connectivity index (χ1n) is 7.62. The van der Waals surface area contributed by atoms with Crippen molar-refractivity contribution in [2.24, 2.45) is 0 Å². The van der Waals surface area contributed by atoms with E-state index in [0.717, 1.165) is 5.69 Å². The Balaban J connectivity index is -0.000000817.